The van der Waals surface area contributed by atoms with Gasteiger partial charge < -0.3 is 16.0 Å². The van der Waals surface area contributed by atoms with Gasteiger partial charge >= 0.3 is 0 Å². The molecule has 1 aliphatic rings. The topological polar surface area (TPSA) is 41.3 Å². The number of hydrogen-bond donors (Lipinski definition) is 2. The zero-order valence-electron chi connectivity index (χ0n) is 9.54. The van der Waals surface area contributed by atoms with Crippen molar-refractivity contribution < 1.29 is 4.39 Å². The minimum Gasteiger partial charge on any atom is -0.397 e. The summed E-state index contributed by atoms with van der Waals surface area (Å²) in [6.07, 6.45) is 2.06. The number of rotatable bonds is 2. The molecule has 0 atom stereocenters. The fourth-order valence-electron chi connectivity index (χ4n) is 2.05. The summed E-state index contributed by atoms with van der Waals surface area (Å²) in [5, 5.41) is 3.21. The van der Waals surface area contributed by atoms with Crippen LogP contribution in [0, 0.1) is 5.82 Å². The van der Waals surface area contributed by atoms with Gasteiger partial charge in [-0.25, -0.2) is 4.39 Å². The molecule has 0 aromatic heterocycles. The van der Waals surface area contributed by atoms with Gasteiger partial charge in [-0.15, -0.1) is 0 Å². The molecule has 88 valence electrons. The number of nitrogens with one attached hydrogen (secondary N) is 1. The van der Waals surface area contributed by atoms with Gasteiger partial charge in [-0.2, -0.15) is 0 Å². The minimum absolute atomic E-state index is 0.265. The number of likely N-dealkylation sites (tertiary alicyclic amines) is 1. The number of anilines is 2. The van der Waals surface area contributed by atoms with Crippen molar-refractivity contribution in [2.24, 2.45) is 0 Å². The van der Waals surface area contributed by atoms with Crippen molar-refractivity contribution in [1.82, 2.24) is 4.90 Å². The molecule has 0 amide bonds. The fraction of sp³-hybridized carbons (Fsp3) is 0.500. The van der Waals surface area contributed by atoms with E-state index < -0.39 is 0 Å². The second-order valence-electron chi connectivity index (χ2n) is 4.43. The number of para-hydroxylation sites is 1. The average molecular weight is 223 g/mol. The van der Waals surface area contributed by atoms with E-state index in [1.165, 1.54) is 6.07 Å². The summed E-state index contributed by atoms with van der Waals surface area (Å²) in [7, 11) is 2.10. The lowest BCUT2D eigenvalue weighted by molar-refractivity contribution is 0.263. The van der Waals surface area contributed by atoms with E-state index in [4.69, 9.17) is 5.73 Å². The number of hydrogen-bond acceptors (Lipinski definition) is 3. The van der Waals surface area contributed by atoms with Gasteiger partial charge in [-0.3, -0.25) is 0 Å². The molecule has 0 saturated carbocycles. The number of benzene rings is 1. The van der Waals surface area contributed by atoms with Crippen LogP contribution in [0.5, 0.6) is 0 Å². The molecule has 16 heavy (non-hydrogen) atoms. The summed E-state index contributed by atoms with van der Waals surface area (Å²) in [6, 6.07) is 5.12. The van der Waals surface area contributed by atoms with Crippen LogP contribution < -0.4 is 11.1 Å². The maximum Gasteiger partial charge on any atom is 0.148 e. The van der Waals surface area contributed by atoms with E-state index in [-0.39, 0.29) is 5.82 Å². The zero-order valence-corrected chi connectivity index (χ0v) is 9.54. The summed E-state index contributed by atoms with van der Waals surface area (Å²) < 4.78 is 13.5. The van der Waals surface area contributed by atoms with Crippen LogP contribution in [0.4, 0.5) is 15.8 Å². The van der Waals surface area contributed by atoms with Crippen molar-refractivity contribution in [1.29, 1.82) is 0 Å². The van der Waals surface area contributed by atoms with Crippen molar-refractivity contribution in [3.63, 3.8) is 0 Å². The minimum atomic E-state index is -0.265. The van der Waals surface area contributed by atoms with Crippen molar-refractivity contribution in [2.75, 3.05) is 31.2 Å². The fourth-order valence-corrected chi connectivity index (χ4v) is 2.05. The Morgan fingerprint density at radius 1 is 1.38 bits per heavy atom. The Balaban J connectivity index is 2.04. The second kappa shape index (κ2) is 4.70. The predicted octanol–water partition coefficient (Wildman–Crippen LogP) is 1.91. The molecule has 0 unspecified atom stereocenters. The van der Waals surface area contributed by atoms with Crippen molar-refractivity contribution in [3.05, 3.63) is 24.0 Å². The third kappa shape index (κ3) is 2.44. The number of halogens is 1. The highest BCUT2D eigenvalue weighted by atomic mass is 19.1. The largest absolute Gasteiger partial charge is 0.397 e. The molecule has 1 aliphatic heterocycles. The number of nitrogens with two attached hydrogens (primary N) is 1. The third-order valence-electron chi connectivity index (χ3n) is 3.11. The zero-order chi connectivity index (χ0) is 11.5. The summed E-state index contributed by atoms with van der Waals surface area (Å²) >= 11 is 0. The van der Waals surface area contributed by atoms with E-state index >= 15 is 0 Å². The van der Waals surface area contributed by atoms with Crippen LogP contribution in [0.1, 0.15) is 12.8 Å². The SMILES string of the molecule is CN1CCC(Nc2c(N)cccc2F)CC1. The van der Waals surface area contributed by atoms with Gasteiger partial charge in [-0.05, 0) is 45.1 Å². The second-order valence-corrected chi connectivity index (χ2v) is 4.43. The first-order valence-corrected chi connectivity index (χ1v) is 5.66. The quantitative estimate of drug-likeness (QED) is 0.753. The average Bonchev–Trinajstić information content (AvgIpc) is 2.26. The number of nitrogen functional groups attached to an aromatic ring is 1. The van der Waals surface area contributed by atoms with Gasteiger partial charge in [0.15, 0.2) is 0 Å². The Morgan fingerprint density at radius 2 is 2.06 bits per heavy atom. The standard InChI is InChI=1S/C12H18FN3/c1-16-7-5-9(6-8-16)15-12-10(13)3-2-4-11(12)14/h2-4,9,15H,5-8,14H2,1H3. The lowest BCUT2D eigenvalue weighted by atomic mass is 10.0. The van der Waals surface area contributed by atoms with Crippen LogP contribution >= 0.6 is 0 Å². The molecule has 0 spiro atoms. The van der Waals surface area contributed by atoms with Crippen molar-refractivity contribution in [3.8, 4) is 0 Å². The molecule has 1 heterocycles. The summed E-state index contributed by atoms with van der Waals surface area (Å²) in [4.78, 5) is 2.28. The van der Waals surface area contributed by atoms with E-state index in [1.54, 1.807) is 12.1 Å². The maximum atomic E-state index is 13.5. The van der Waals surface area contributed by atoms with E-state index in [2.05, 4.69) is 17.3 Å². The molecule has 1 aromatic carbocycles. The van der Waals surface area contributed by atoms with Gasteiger partial charge in [0, 0.05) is 6.04 Å². The Bertz CT molecular complexity index is 339. The molecule has 4 heteroatoms. The monoisotopic (exact) mass is 223 g/mol. The van der Waals surface area contributed by atoms with E-state index in [1.807, 2.05) is 0 Å². The van der Waals surface area contributed by atoms with Crippen LogP contribution in [-0.4, -0.2) is 31.1 Å². The third-order valence-corrected chi connectivity index (χ3v) is 3.11. The maximum absolute atomic E-state index is 13.5. The Morgan fingerprint density at radius 3 is 2.69 bits per heavy atom. The first-order chi connectivity index (χ1) is 7.66. The normalized spacial score (nSPS) is 18.6. The first kappa shape index (κ1) is 11.2. The van der Waals surface area contributed by atoms with Gasteiger partial charge in [0.25, 0.3) is 0 Å². The van der Waals surface area contributed by atoms with Crippen LogP contribution in [-0.2, 0) is 0 Å². The molecule has 2 rings (SSSR count). The smallest absolute Gasteiger partial charge is 0.148 e. The molecule has 0 radical (unpaired) electrons. The molecule has 1 aromatic rings. The molecular formula is C12H18FN3. The Labute approximate surface area is 95.4 Å². The highest BCUT2D eigenvalue weighted by molar-refractivity contribution is 5.66. The van der Waals surface area contributed by atoms with Gasteiger partial charge in [0.1, 0.15) is 5.82 Å². The highest BCUT2D eigenvalue weighted by Gasteiger charge is 2.18. The van der Waals surface area contributed by atoms with Crippen LogP contribution in [0.25, 0.3) is 0 Å². The lowest BCUT2D eigenvalue weighted by Gasteiger charge is -2.30. The van der Waals surface area contributed by atoms with E-state index in [0.717, 1.165) is 25.9 Å². The summed E-state index contributed by atoms with van der Waals surface area (Å²) in [6.45, 7) is 2.10. The Kier molecular flexibility index (Phi) is 3.29. The summed E-state index contributed by atoms with van der Waals surface area (Å²) in [5.74, 6) is -0.265. The molecule has 1 fully saturated rings. The highest BCUT2D eigenvalue weighted by Crippen LogP contribution is 2.24. The predicted molar refractivity (Wildman–Crippen MR) is 65.0 cm³/mol. The lowest BCUT2D eigenvalue weighted by Crippen LogP contribution is -2.37. The van der Waals surface area contributed by atoms with Gasteiger partial charge in [0.05, 0.1) is 11.4 Å². The van der Waals surface area contributed by atoms with E-state index in [9.17, 15) is 4.39 Å². The molecular weight excluding hydrogens is 205 g/mol. The first-order valence-electron chi connectivity index (χ1n) is 5.66. The van der Waals surface area contributed by atoms with Crippen molar-refractivity contribution >= 4 is 11.4 Å². The molecule has 0 aliphatic carbocycles. The van der Waals surface area contributed by atoms with E-state index in [0.29, 0.717) is 17.4 Å². The van der Waals surface area contributed by atoms with Crippen LogP contribution in [0.2, 0.25) is 0 Å². The van der Waals surface area contributed by atoms with Crippen LogP contribution in [0.15, 0.2) is 18.2 Å². The Hall–Kier alpha value is -1.29. The summed E-state index contributed by atoms with van der Waals surface area (Å²) in [5.41, 5.74) is 6.69. The molecule has 3 nitrogen and oxygen atoms in total. The van der Waals surface area contributed by atoms with Crippen LogP contribution in [0.3, 0.4) is 0 Å². The van der Waals surface area contributed by atoms with Crippen molar-refractivity contribution in [2.45, 2.75) is 18.9 Å². The number of nitrogens with zero attached hydrogens (tertiary/aromatic N) is 1. The number of piperidine rings is 1. The molecule has 1 saturated heterocycles. The van der Waals surface area contributed by atoms with Gasteiger partial charge in [-0.1, -0.05) is 6.07 Å². The molecule has 0 bridgehead atoms. The van der Waals surface area contributed by atoms with Gasteiger partial charge in [0.2, 0.25) is 0 Å². The molecule has 3 N–H and O–H groups in total.